The van der Waals surface area contributed by atoms with Gasteiger partial charge in [0.1, 0.15) is 5.15 Å². The monoisotopic (exact) mass is 320 g/mol. The van der Waals surface area contributed by atoms with Crippen molar-refractivity contribution in [2.45, 2.75) is 13.1 Å². The van der Waals surface area contributed by atoms with Gasteiger partial charge in [0, 0.05) is 34.7 Å². The number of rotatable bonds is 4. The van der Waals surface area contributed by atoms with Gasteiger partial charge in [-0.3, -0.25) is 4.90 Å². The first-order chi connectivity index (χ1) is 8.54. The minimum Gasteiger partial charge on any atom is -0.297 e. The van der Waals surface area contributed by atoms with Gasteiger partial charge in [0.2, 0.25) is 0 Å². The summed E-state index contributed by atoms with van der Waals surface area (Å²) in [5, 5.41) is 1.06. The van der Waals surface area contributed by atoms with Crippen LogP contribution in [0.2, 0.25) is 14.5 Å². The summed E-state index contributed by atoms with van der Waals surface area (Å²) in [6.07, 6.45) is 1.71. The largest absolute Gasteiger partial charge is 0.297 e. The number of thiophene rings is 1. The van der Waals surface area contributed by atoms with E-state index in [0.717, 1.165) is 23.0 Å². The van der Waals surface area contributed by atoms with E-state index in [-0.39, 0.29) is 0 Å². The average Bonchev–Trinajstić information content (AvgIpc) is 2.68. The Hall–Kier alpha value is -0.320. The van der Waals surface area contributed by atoms with Crippen molar-refractivity contribution < 1.29 is 0 Å². The summed E-state index contributed by atoms with van der Waals surface area (Å²) in [5.74, 6) is 0. The fourth-order valence-electron chi connectivity index (χ4n) is 1.60. The Morgan fingerprint density at radius 3 is 2.61 bits per heavy atom. The molecule has 0 atom stereocenters. The quantitative estimate of drug-likeness (QED) is 0.756. The molecule has 2 aromatic rings. The number of hydrogen-bond acceptors (Lipinski definition) is 3. The highest BCUT2D eigenvalue weighted by Crippen LogP contribution is 2.24. The van der Waals surface area contributed by atoms with Crippen molar-refractivity contribution in [3.05, 3.63) is 49.3 Å². The van der Waals surface area contributed by atoms with Crippen molar-refractivity contribution in [1.82, 2.24) is 9.88 Å². The molecule has 0 unspecified atom stereocenters. The minimum atomic E-state index is 0.413. The molecule has 0 aliphatic heterocycles. The van der Waals surface area contributed by atoms with Crippen LogP contribution in [0.1, 0.15) is 10.4 Å². The molecule has 0 amide bonds. The van der Waals surface area contributed by atoms with Crippen LogP contribution in [-0.2, 0) is 13.1 Å². The first-order valence-corrected chi connectivity index (χ1v) is 7.22. The van der Waals surface area contributed by atoms with E-state index >= 15 is 0 Å². The van der Waals surface area contributed by atoms with Gasteiger partial charge in [-0.2, -0.15) is 0 Å². The maximum Gasteiger partial charge on any atom is 0.130 e. The van der Waals surface area contributed by atoms with E-state index in [1.54, 1.807) is 23.6 Å². The standard InChI is InChI=1S/C12H11Cl3N2S/c1-17(7-9-2-3-12(15)18-9)6-8-5-16-11(14)4-10(8)13/h2-5H,6-7H2,1H3. The van der Waals surface area contributed by atoms with Crippen LogP contribution in [-0.4, -0.2) is 16.9 Å². The summed E-state index contributed by atoms with van der Waals surface area (Å²) in [4.78, 5) is 7.41. The van der Waals surface area contributed by atoms with Crippen LogP contribution in [0.5, 0.6) is 0 Å². The maximum atomic E-state index is 6.11. The van der Waals surface area contributed by atoms with Crippen LogP contribution in [0.15, 0.2) is 24.4 Å². The second-order valence-corrected chi connectivity index (χ2v) is 6.57. The summed E-state index contributed by atoms with van der Waals surface area (Å²) in [7, 11) is 2.03. The van der Waals surface area contributed by atoms with E-state index < -0.39 is 0 Å². The topological polar surface area (TPSA) is 16.1 Å². The summed E-state index contributed by atoms with van der Waals surface area (Å²) >= 11 is 19.4. The first-order valence-electron chi connectivity index (χ1n) is 5.27. The Kier molecular flexibility index (Phi) is 4.87. The minimum absolute atomic E-state index is 0.413. The Balaban J connectivity index is 2.00. The fraction of sp³-hybridized carbons (Fsp3) is 0.250. The van der Waals surface area contributed by atoms with Gasteiger partial charge in [0.25, 0.3) is 0 Å². The van der Waals surface area contributed by atoms with Gasteiger partial charge in [-0.15, -0.1) is 11.3 Å². The van der Waals surface area contributed by atoms with E-state index in [1.807, 2.05) is 19.2 Å². The number of pyridine rings is 1. The molecule has 0 spiro atoms. The second-order valence-electron chi connectivity index (χ2n) is 3.98. The number of aromatic nitrogens is 1. The Morgan fingerprint density at radius 2 is 2.00 bits per heavy atom. The van der Waals surface area contributed by atoms with Crippen LogP contribution in [0.3, 0.4) is 0 Å². The van der Waals surface area contributed by atoms with Crippen LogP contribution >= 0.6 is 46.1 Å². The third kappa shape index (κ3) is 3.84. The van der Waals surface area contributed by atoms with Crippen molar-refractivity contribution in [3.63, 3.8) is 0 Å². The van der Waals surface area contributed by atoms with Crippen LogP contribution in [0.4, 0.5) is 0 Å². The third-order valence-corrected chi connectivity index (χ3v) is 4.17. The molecule has 18 heavy (non-hydrogen) atoms. The molecule has 0 bridgehead atoms. The predicted octanol–water partition coefficient (Wildman–Crippen LogP) is 4.74. The Labute approximate surface area is 125 Å². The van der Waals surface area contributed by atoms with Crippen molar-refractivity contribution in [2.75, 3.05) is 7.05 Å². The highest BCUT2D eigenvalue weighted by atomic mass is 35.5. The lowest BCUT2D eigenvalue weighted by Gasteiger charge is -2.16. The summed E-state index contributed by atoms with van der Waals surface area (Å²) in [6, 6.07) is 5.60. The number of nitrogens with zero attached hydrogens (tertiary/aromatic N) is 2. The van der Waals surface area contributed by atoms with Gasteiger partial charge in [-0.1, -0.05) is 34.8 Å². The molecule has 0 fully saturated rings. The zero-order valence-corrected chi connectivity index (χ0v) is 12.7. The molecule has 2 nitrogen and oxygen atoms in total. The lowest BCUT2D eigenvalue weighted by molar-refractivity contribution is 0.321. The van der Waals surface area contributed by atoms with Gasteiger partial charge in [-0.25, -0.2) is 4.98 Å². The Morgan fingerprint density at radius 1 is 1.22 bits per heavy atom. The third-order valence-electron chi connectivity index (χ3n) is 2.39. The molecule has 0 saturated heterocycles. The van der Waals surface area contributed by atoms with Crippen LogP contribution in [0.25, 0.3) is 0 Å². The molecule has 0 radical (unpaired) electrons. The lowest BCUT2D eigenvalue weighted by atomic mass is 10.2. The molecule has 2 heterocycles. The van der Waals surface area contributed by atoms with Crippen LogP contribution in [0, 0.1) is 0 Å². The smallest absolute Gasteiger partial charge is 0.130 e. The second kappa shape index (κ2) is 6.22. The molecular weight excluding hydrogens is 311 g/mol. The van der Waals surface area contributed by atoms with Crippen molar-refractivity contribution in [2.24, 2.45) is 0 Å². The van der Waals surface area contributed by atoms with Crippen LogP contribution < -0.4 is 0 Å². The average molecular weight is 322 g/mol. The molecular formula is C12H11Cl3N2S. The van der Waals surface area contributed by atoms with Gasteiger partial charge >= 0.3 is 0 Å². The van der Waals surface area contributed by atoms with E-state index in [1.165, 1.54) is 4.88 Å². The normalized spacial score (nSPS) is 11.2. The van der Waals surface area contributed by atoms with Gasteiger partial charge < -0.3 is 0 Å². The fourth-order valence-corrected chi connectivity index (χ4v) is 3.20. The Bertz CT molecular complexity index is 542. The summed E-state index contributed by atoms with van der Waals surface area (Å²) < 4.78 is 0.810. The molecule has 96 valence electrons. The number of halogens is 3. The summed E-state index contributed by atoms with van der Waals surface area (Å²) in [6.45, 7) is 1.55. The molecule has 0 saturated carbocycles. The molecule has 0 aliphatic carbocycles. The van der Waals surface area contributed by atoms with E-state index in [2.05, 4.69) is 9.88 Å². The van der Waals surface area contributed by atoms with Gasteiger partial charge in [0.15, 0.2) is 0 Å². The van der Waals surface area contributed by atoms with E-state index in [9.17, 15) is 0 Å². The zero-order chi connectivity index (χ0) is 13.1. The molecule has 0 N–H and O–H groups in total. The zero-order valence-electron chi connectivity index (χ0n) is 9.66. The SMILES string of the molecule is CN(Cc1ccc(Cl)s1)Cc1cnc(Cl)cc1Cl. The van der Waals surface area contributed by atoms with E-state index in [4.69, 9.17) is 34.8 Å². The molecule has 0 aliphatic rings. The molecule has 2 rings (SSSR count). The number of hydrogen-bond donors (Lipinski definition) is 0. The van der Waals surface area contributed by atoms with Crippen molar-refractivity contribution in [3.8, 4) is 0 Å². The lowest BCUT2D eigenvalue weighted by Crippen LogP contribution is -2.16. The molecule has 0 aromatic carbocycles. The molecule has 2 aromatic heterocycles. The highest BCUT2D eigenvalue weighted by molar-refractivity contribution is 7.16. The highest BCUT2D eigenvalue weighted by Gasteiger charge is 2.08. The first kappa shape index (κ1) is 14.1. The van der Waals surface area contributed by atoms with Gasteiger partial charge in [0.05, 0.1) is 4.34 Å². The molecule has 6 heteroatoms. The van der Waals surface area contributed by atoms with E-state index in [0.29, 0.717) is 10.2 Å². The van der Waals surface area contributed by atoms with Crippen molar-refractivity contribution >= 4 is 46.1 Å². The predicted molar refractivity (Wildman–Crippen MR) is 78.8 cm³/mol. The maximum absolute atomic E-state index is 6.11. The summed E-state index contributed by atoms with van der Waals surface area (Å²) in [5.41, 5.74) is 0.964. The van der Waals surface area contributed by atoms with Gasteiger partial charge in [-0.05, 0) is 25.2 Å². The van der Waals surface area contributed by atoms with Crippen molar-refractivity contribution in [1.29, 1.82) is 0 Å².